The Morgan fingerprint density at radius 2 is 2.17 bits per heavy atom. The van der Waals surface area contributed by atoms with Gasteiger partial charge in [-0.2, -0.15) is 9.50 Å². The molecule has 0 spiro atoms. The number of carbonyl (C=O) groups excluding carboxylic acids is 1. The zero-order chi connectivity index (χ0) is 13.3. The maximum absolute atomic E-state index is 11.6. The average molecular weight is 245 g/mol. The van der Waals surface area contributed by atoms with Crippen molar-refractivity contribution < 1.29 is 4.79 Å². The number of aromatic nitrogens is 4. The summed E-state index contributed by atoms with van der Waals surface area (Å²) in [5.41, 5.74) is 1.23. The molecule has 0 saturated heterocycles. The van der Waals surface area contributed by atoms with E-state index >= 15 is 0 Å². The van der Waals surface area contributed by atoms with Crippen LogP contribution in [-0.4, -0.2) is 44.4 Å². The molecule has 0 aliphatic heterocycles. The Bertz CT molecular complexity index is 627. The van der Waals surface area contributed by atoms with Crippen molar-refractivity contribution in [2.45, 2.75) is 13.8 Å². The van der Waals surface area contributed by atoms with Gasteiger partial charge in [0.05, 0.1) is 11.3 Å². The summed E-state index contributed by atoms with van der Waals surface area (Å²) in [5.74, 6) is 1.08. The predicted octanol–water partition coefficient (Wildman–Crippen LogP) is 1.17. The first-order chi connectivity index (χ1) is 8.49. The second kappa shape index (κ2) is 4.56. The lowest BCUT2D eigenvalue weighted by atomic mass is 10.1. The Hall–Kier alpha value is -2.24. The predicted molar refractivity (Wildman–Crippen MR) is 68.2 cm³/mol. The van der Waals surface area contributed by atoms with Crippen molar-refractivity contribution >= 4 is 17.6 Å². The fraction of sp³-hybridized carbons (Fsp3) is 0.333. The van der Waals surface area contributed by atoms with E-state index in [1.807, 2.05) is 31.3 Å². The van der Waals surface area contributed by atoms with Gasteiger partial charge in [0, 0.05) is 26.5 Å². The molecule has 0 aromatic carbocycles. The third-order valence-electron chi connectivity index (χ3n) is 2.42. The highest BCUT2D eigenvalue weighted by molar-refractivity contribution is 5.97. The molecule has 0 bridgehead atoms. The van der Waals surface area contributed by atoms with Gasteiger partial charge < -0.3 is 4.90 Å². The Morgan fingerprint density at radius 3 is 2.78 bits per heavy atom. The number of Topliss-reactive ketones (excluding diaryl/α,β-unsaturated/α-hetero) is 1. The molecule has 18 heavy (non-hydrogen) atoms. The number of fused-ring (bicyclic) bond motifs is 1. The van der Waals surface area contributed by atoms with Gasteiger partial charge in [-0.15, -0.1) is 5.10 Å². The van der Waals surface area contributed by atoms with Gasteiger partial charge in [0.25, 0.3) is 5.78 Å². The molecule has 2 aromatic heterocycles. The lowest BCUT2D eigenvalue weighted by Gasteiger charge is -2.06. The molecule has 2 rings (SSSR count). The van der Waals surface area contributed by atoms with Gasteiger partial charge in [0.2, 0.25) is 0 Å². The van der Waals surface area contributed by atoms with Crippen LogP contribution in [0.15, 0.2) is 12.4 Å². The molecule has 94 valence electrons. The van der Waals surface area contributed by atoms with E-state index in [0.717, 1.165) is 0 Å². The van der Waals surface area contributed by atoms with Crippen molar-refractivity contribution in [3.05, 3.63) is 29.5 Å². The lowest BCUT2D eigenvalue weighted by Crippen LogP contribution is -2.07. The molecular weight excluding hydrogens is 230 g/mol. The summed E-state index contributed by atoms with van der Waals surface area (Å²) >= 11 is 0. The number of rotatable bonds is 3. The van der Waals surface area contributed by atoms with Crippen molar-refractivity contribution in [2.24, 2.45) is 0 Å². The van der Waals surface area contributed by atoms with Crippen LogP contribution in [0, 0.1) is 6.92 Å². The van der Waals surface area contributed by atoms with Crippen molar-refractivity contribution in [1.29, 1.82) is 0 Å². The SMILES string of the molecule is CC(=O)c1cnc2nc(C)nn2c1C=CN(C)C. The first-order valence-electron chi connectivity index (χ1n) is 5.57. The zero-order valence-electron chi connectivity index (χ0n) is 10.9. The van der Waals surface area contributed by atoms with Crippen LogP contribution in [0.5, 0.6) is 0 Å². The standard InChI is InChI=1S/C12H15N5O/c1-8(18)10-7-13-12-14-9(2)15-17(12)11(10)5-6-16(3)4/h5-7H,1-4H3. The fourth-order valence-corrected chi connectivity index (χ4v) is 1.60. The van der Waals surface area contributed by atoms with Crippen LogP contribution in [-0.2, 0) is 0 Å². The van der Waals surface area contributed by atoms with Gasteiger partial charge in [-0.1, -0.05) is 0 Å². The van der Waals surface area contributed by atoms with Crippen LogP contribution in [0.2, 0.25) is 0 Å². The second-order valence-electron chi connectivity index (χ2n) is 4.26. The molecule has 0 fully saturated rings. The highest BCUT2D eigenvalue weighted by Gasteiger charge is 2.12. The minimum absolute atomic E-state index is 0.0454. The topological polar surface area (TPSA) is 63.4 Å². The molecule has 0 atom stereocenters. The fourth-order valence-electron chi connectivity index (χ4n) is 1.60. The van der Waals surface area contributed by atoms with Crippen LogP contribution in [0.1, 0.15) is 28.8 Å². The molecule has 0 saturated carbocycles. The molecular formula is C12H15N5O. The van der Waals surface area contributed by atoms with Gasteiger partial charge in [-0.25, -0.2) is 4.98 Å². The number of hydrogen-bond acceptors (Lipinski definition) is 5. The minimum Gasteiger partial charge on any atom is -0.383 e. The molecule has 6 heteroatoms. The summed E-state index contributed by atoms with van der Waals surface area (Å²) in [7, 11) is 3.82. The van der Waals surface area contributed by atoms with Gasteiger partial charge in [0.1, 0.15) is 5.82 Å². The van der Waals surface area contributed by atoms with E-state index in [4.69, 9.17) is 0 Å². The van der Waals surface area contributed by atoms with E-state index in [1.54, 1.807) is 17.6 Å². The maximum atomic E-state index is 11.6. The molecule has 0 radical (unpaired) electrons. The molecule has 0 aliphatic carbocycles. The van der Waals surface area contributed by atoms with Gasteiger partial charge >= 0.3 is 0 Å². The molecule has 2 heterocycles. The summed E-state index contributed by atoms with van der Waals surface area (Å²) in [6.07, 6.45) is 5.24. The smallest absolute Gasteiger partial charge is 0.252 e. The van der Waals surface area contributed by atoms with Crippen LogP contribution in [0.3, 0.4) is 0 Å². The quantitative estimate of drug-likeness (QED) is 0.759. The summed E-state index contributed by atoms with van der Waals surface area (Å²) in [6, 6.07) is 0. The highest BCUT2D eigenvalue weighted by atomic mass is 16.1. The molecule has 0 aliphatic rings. The van der Waals surface area contributed by atoms with Gasteiger partial charge in [-0.3, -0.25) is 4.79 Å². The second-order valence-corrected chi connectivity index (χ2v) is 4.26. The van der Waals surface area contributed by atoms with E-state index < -0.39 is 0 Å². The van der Waals surface area contributed by atoms with E-state index in [1.165, 1.54) is 6.92 Å². The number of nitrogens with zero attached hydrogens (tertiary/aromatic N) is 5. The minimum atomic E-state index is -0.0454. The summed E-state index contributed by atoms with van der Waals surface area (Å²) in [5, 5.41) is 4.26. The van der Waals surface area contributed by atoms with E-state index in [2.05, 4.69) is 15.1 Å². The first-order valence-corrected chi connectivity index (χ1v) is 5.57. The Balaban J connectivity index is 2.69. The van der Waals surface area contributed by atoms with Crippen molar-refractivity contribution in [1.82, 2.24) is 24.5 Å². The van der Waals surface area contributed by atoms with E-state index in [0.29, 0.717) is 22.9 Å². The lowest BCUT2D eigenvalue weighted by molar-refractivity contribution is 0.101. The number of ketones is 1. The highest BCUT2D eigenvalue weighted by Crippen LogP contribution is 2.12. The first kappa shape index (κ1) is 12.2. The normalized spacial score (nSPS) is 11.3. The average Bonchev–Trinajstić information content (AvgIpc) is 2.65. The molecule has 2 aromatic rings. The van der Waals surface area contributed by atoms with Gasteiger partial charge in [0.15, 0.2) is 5.78 Å². The zero-order valence-corrected chi connectivity index (χ0v) is 10.9. The van der Waals surface area contributed by atoms with Crippen molar-refractivity contribution in [3.8, 4) is 0 Å². The van der Waals surface area contributed by atoms with Gasteiger partial charge in [-0.05, 0) is 19.9 Å². The Kier molecular flexibility index (Phi) is 3.10. The number of carbonyl (C=O) groups is 1. The molecule has 0 amide bonds. The van der Waals surface area contributed by atoms with E-state index in [-0.39, 0.29) is 5.78 Å². The third-order valence-corrected chi connectivity index (χ3v) is 2.42. The molecule has 0 N–H and O–H groups in total. The largest absolute Gasteiger partial charge is 0.383 e. The number of aryl methyl sites for hydroxylation is 1. The Morgan fingerprint density at radius 1 is 1.44 bits per heavy atom. The monoisotopic (exact) mass is 245 g/mol. The van der Waals surface area contributed by atoms with Crippen molar-refractivity contribution in [3.63, 3.8) is 0 Å². The molecule has 6 nitrogen and oxygen atoms in total. The summed E-state index contributed by atoms with van der Waals surface area (Å²) in [4.78, 5) is 21.8. The summed E-state index contributed by atoms with van der Waals surface area (Å²) < 4.78 is 1.59. The van der Waals surface area contributed by atoms with Crippen LogP contribution < -0.4 is 0 Å². The third kappa shape index (κ3) is 2.22. The van der Waals surface area contributed by atoms with Crippen LogP contribution >= 0.6 is 0 Å². The number of hydrogen-bond donors (Lipinski definition) is 0. The summed E-state index contributed by atoms with van der Waals surface area (Å²) in [6.45, 7) is 3.31. The molecule has 0 unspecified atom stereocenters. The van der Waals surface area contributed by atoms with Crippen molar-refractivity contribution in [2.75, 3.05) is 14.1 Å². The van der Waals surface area contributed by atoms with Crippen LogP contribution in [0.25, 0.3) is 11.9 Å². The van der Waals surface area contributed by atoms with Crippen LogP contribution in [0.4, 0.5) is 0 Å². The Labute approximate surface area is 105 Å². The van der Waals surface area contributed by atoms with E-state index in [9.17, 15) is 4.79 Å². The maximum Gasteiger partial charge on any atom is 0.252 e.